The molecule has 2 aromatic carbocycles. The van der Waals surface area contributed by atoms with Gasteiger partial charge < -0.3 is 20.1 Å². The number of aryl methyl sites for hydroxylation is 1. The van der Waals surface area contributed by atoms with Crippen LogP contribution in [0, 0.1) is 6.92 Å². The van der Waals surface area contributed by atoms with Gasteiger partial charge in [0.1, 0.15) is 11.9 Å². The van der Waals surface area contributed by atoms with Crippen molar-refractivity contribution in [2.75, 3.05) is 25.6 Å². The lowest BCUT2D eigenvalue weighted by atomic mass is 10.1. The first-order chi connectivity index (χ1) is 16.2. The van der Waals surface area contributed by atoms with Crippen molar-refractivity contribution in [3.8, 4) is 16.2 Å². The van der Waals surface area contributed by atoms with Crippen LogP contribution in [0.4, 0.5) is 5.82 Å². The van der Waals surface area contributed by atoms with E-state index in [-0.39, 0.29) is 6.10 Å². The fourth-order valence-corrected chi connectivity index (χ4v) is 5.17. The molecule has 1 aliphatic heterocycles. The van der Waals surface area contributed by atoms with E-state index >= 15 is 0 Å². The van der Waals surface area contributed by atoms with Gasteiger partial charge in [0.05, 0.1) is 25.5 Å². The van der Waals surface area contributed by atoms with Crippen LogP contribution < -0.4 is 15.4 Å². The Morgan fingerprint density at radius 1 is 1.06 bits per heavy atom. The van der Waals surface area contributed by atoms with E-state index < -0.39 is 0 Å². The molecule has 0 spiro atoms. The summed E-state index contributed by atoms with van der Waals surface area (Å²) in [6.45, 7) is 4.93. The van der Waals surface area contributed by atoms with Gasteiger partial charge in [-0.15, -0.1) is 16.4 Å². The fraction of sp³-hybridized carbons (Fsp3) is 0.308. The molecule has 170 valence electrons. The van der Waals surface area contributed by atoms with E-state index in [2.05, 4.69) is 69.4 Å². The first-order valence-corrected chi connectivity index (χ1v) is 12.1. The Labute approximate surface area is 198 Å². The number of fused-ring (bicyclic) bond motifs is 1. The van der Waals surface area contributed by atoms with Gasteiger partial charge in [-0.25, -0.2) is 0 Å². The average molecular weight is 461 g/mol. The number of anilines is 1. The Kier molecular flexibility index (Phi) is 6.53. The largest absolute Gasteiger partial charge is 0.488 e. The molecular weight excluding hydrogens is 432 g/mol. The van der Waals surface area contributed by atoms with Crippen LogP contribution in [0.1, 0.15) is 22.6 Å². The summed E-state index contributed by atoms with van der Waals surface area (Å²) < 4.78 is 11.6. The van der Waals surface area contributed by atoms with Crippen molar-refractivity contribution >= 4 is 27.9 Å². The minimum Gasteiger partial charge on any atom is -0.488 e. The molecule has 0 saturated carbocycles. The third-order valence-electron chi connectivity index (χ3n) is 5.87. The molecule has 1 unspecified atom stereocenters. The summed E-state index contributed by atoms with van der Waals surface area (Å²) in [4.78, 5) is 2.52. The van der Waals surface area contributed by atoms with Gasteiger partial charge in [0.25, 0.3) is 0 Å². The van der Waals surface area contributed by atoms with Gasteiger partial charge in [-0.05, 0) is 55.4 Å². The van der Waals surface area contributed by atoms with Gasteiger partial charge in [-0.2, -0.15) is 5.10 Å². The van der Waals surface area contributed by atoms with Gasteiger partial charge in [-0.3, -0.25) is 0 Å². The third-order valence-corrected chi connectivity index (χ3v) is 6.99. The number of aromatic nitrogens is 2. The topological polar surface area (TPSA) is 68.3 Å². The molecule has 2 N–H and O–H groups in total. The molecule has 1 fully saturated rings. The van der Waals surface area contributed by atoms with Gasteiger partial charge in [-0.1, -0.05) is 24.3 Å². The first kappa shape index (κ1) is 21.8. The molecule has 1 atom stereocenters. The molecule has 4 aromatic rings. The summed E-state index contributed by atoms with van der Waals surface area (Å²) in [5, 5.41) is 17.7. The summed E-state index contributed by atoms with van der Waals surface area (Å²) in [6, 6.07) is 19.1. The smallest absolute Gasteiger partial charge is 0.157 e. The maximum absolute atomic E-state index is 6.12. The van der Waals surface area contributed by atoms with E-state index in [0.29, 0.717) is 13.2 Å². The van der Waals surface area contributed by atoms with E-state index in [1.807, 2.05) is 20.0 Å². The Hall–Kier alpha value is -3.00. The zero-order valence-corrected chi connectivity index (χ0v) is 19.7. The highest BCUT2D eigenvalue weighted by molar-refractivity contribution is 7.15. The highest BCUT2D eigenvalue weighted by Gasteiger charge is 2.18. The predicted octanol–water partition coefficient (Wildman–Crippen LogP) is 5.17. The second-order valence-corrected chi connectivity index (χ2v) is 9.42. The molecule has 3 heterocycles. The number of thiophene rings is 1. The van der Waals surface area contributed by atoms with E-state index in [1.165, 1.54) is 20.9 Å². The summed E-state index contributed by atoms with van der Waals surface area (Å²) >= 11 is 1.80. The number of benzene rings is 2. The van der Waals surface area contributed by atoms with Crippen LogP contribution in [0.5, 0.6) is 5.75 Å². The van der Waals surface area contributed by atoms with E-state index in [4.69, 9.17) is 9.47 Å². The number of ether oxygens (including phenoxy) is 2. The normalized spacial score (nSPS) is 15.8. The molecule has 7 heteroatoms. The first-order valence-electron chi connectivity index (χ1n) is 11.3. The number of hydrogen-bond donors (Lipinski definition) is 2. The van der Waals surface area contributed by atoms with Gasteiger partial charge in [0, 0.05) is 33.5 Å². The SMILES string of the molecule is CNCc1ccccc1-c1ccc(CNc2nnc(C)c3ccc(OC4CCOC4)cc23)s1. The minimum atomic E-state index is 0.116. The predicted molar refractivity (Wildman–Crippen MR) is 134 cm³/mol. The fourth-order valence-electron chi connectivity index (χ4n) is 4.16. The number of nitrogens with zero attached hydrogens (tertiary/aromatic N) is 2. The van der Waals surface area contributed by atoms with Crippen molar-refractivity contribution in [2.24, 2.45) is 0 Å². The number of nitrogens with one attached hydrogen (secondary N) is 2. The summed E-state index contributed by atoms with van der Waals surface area (Å²) in [6.07, 6.45) is 1.04. The van der Waals surface area contributed by atoms with Crippen molar-refractivity contribution < 1.29 is 9.47 Å². The van der Waals surface area contributed by atoms with Crippen molar-refractivity contribution in [1.29, 1.82) is 0 Å². The van der Waals surface area contributed by atoms with Crippen LogP contribution >= 0.6 is 11.3 Å². The Morgan fingerprint density at radius 3 is 2.82 bits per heavy atom. The van der Waals surface area contributed by atoms with Crippen LogP contribution in [-0.2, 0) is 17.8 Å². The van der Waals surface area contributed by atoms with Crippen LogP contribution in [-0.4, -0.2) is 36.6 Å². The zero-order chi connectivity index (χ0) is 22.6. The van der Waals surface area contributed by atoms with Gasteiger partial charge in [0.2, 0.25) is 0 Å². The molecule has 33 heavy (non-hydrogen) atoms. The molecule has 1 saturated heterocycles. The number of rotatable bonds is 8. The highest BCUT2D eigenvalue weighted by atomic mass is 32.1. The maximum atomic E-state index is 6.12. The van der Waals surface area contributed by atoms with Crippen LogP contribution in [0.3, 0.4) is 0 Å². The molecule has 5 rings (SSSR count). The summed E-state index contributed by atoms with van der Waals surface area (Å²) in [7, 11) is 1.98. The molecule has 0 aliphatic carbocycles. The van der Waals surface area contributed by atoms with E-state index in [9.17, 15) is 0 Å². The van der Waals surface area contributed by atoms with Crippen LogP contribution in [0.2, 0.25) is 0 Å². The monoisotopic (exact) mass is 460 g/mol. The second-order valence-electron chi connectivity index (χ2n) is 8.25. The second kappa shape index (κ2) is 9.87. The number of hydrogen-bond acceptors (Lipinski definition) is 7. The summed E-state index contributed by atoms with van der Waals surface area (Å²) in [5.41, 5.74) is 3.49. The van der Waals surface area contributed by atoms with Crippen molar-refractivity contribution in [1.82, 2.24) is 15.5 Å². The highest BCUT2D eigenvalue weighted by Crippen LogP contribution is 2.32. The van der Waals surface area contributed by atoms with E-state index in [1.54, 1.807) is 11.3 Å². The Bertz CT molecular complexity index is 1250. The molecule has 2 aromatic heterocycles. The molecular formula is C26H28N4O2S. The molecule has 0 radical (unpaired) electrons. The van der Waals surface area contributed by atoms with Crippen molar-refractivity contribution in [2.45, 2.75) is 32.5 Å². The van der Waals surface area contributed by atoms with Crippen LogP contribution in [0.25, 0.3) is 21.2 Å². The van der Waals surface area contributed by atoms with E-state index in [0.717, 1.165) is 47.6 Å². The minimum absolute atomic E-state index is 0.116. The van der Waals surface area contributed by atoms with Gasteiger partial charge in [0.15, 0.2) is 5.82 Å². The average Bonchev–Trinajstić information content (AvgIpc) is 3.52. The third kappa shape index (κ3) is 4.85. The molecule has 6 nitrogen and oxygen atoms in total. The maximum Gasteiger partial charge on any atom is 0.157 e. The molecule has 1 aliphatic rings. The molecule has 0 amide bonds. The lowest BCUT2D eigenvalue weighted by Crippen LogP contribution is -2.15. The molecule has 0 bridgehead atoms. The van der Waals surface area contributed by atoms with Crippen LogP contribution in [0.15, 0.2) is 54.6 Å². The zero-order valence-electron chi connectivity index (χ0n) is 18.9. The lowest BCUT2D eigenvalue weighted by molar-refractivity contribution is 0.141. The Balaban J connectivity index is 1.36. The summed E-state index contributed by atoms with van der Waals surface area (Å²) in [5.74, 6) is 1.61. The van der Waals surface area contributed by atoms with Crippen molar-refractivity contribution in [3.05, 3.63) is 70.7 Å². The lowest BCUT2D eigenvalue weighted by Gasteiger charge is -2.14. The van der Waals surface area contributed by atoms with Gasteiger partial charge >= 0.3 is 0 Å². The quantitative estimate of drug-likeness (QED) is 0.378. The van der Waals surface area contributed by atoms with Crippen molar-refractivity contribution in [3.63, 3.8) is 0 Å². The standard InChI is InChI=1S/C26H28N4O2S/c1-17-22-9-7-19(32-20-11-12-31-16-20)13-24(22)26(30-29-17)28-15-21-8-10-25(33-21)23-6-4-3-5-18(23)14-27-2/h3-10,13,20,27H,11-12,14-16H2,1-2H3,(H,28,30). The Morgan fingerprint density at radius 2 is 1.97 bits per heavy atom.